The van der Waals surface area contributed by atoms with Crippen LogP contribution in [0.1, 0.15) is 18.4 Å². The number of imidazole rings is 1. The van der Waals surface area contributed by atoms with Crippen LogP contribution < -0.4 is 0 Å². The fraction of sp³-hybridized carbons (Fsp3) is 0.238. The average molecular weight is 521 g/mol. The van der Waals surface area contributed by atoms with E-state index in [-0.39, 0.29) is 29.9 Å². The van der Waals surface area contributed by atoms with Crippen LogP contribution in [0.4, 0.5) is 8.78 Å². The predicted molar refractivity (Wildman–Crippen MR) is 117 cm³/mol. The van der Waals surface area contributed by atoms with Crippen molar-refractivity contribution in [3.05, 3.63) is 52.8 Å². The number of fused-ring (bicyclic) bond motifs is 1. The number of hydrogen-bond donors (Lipinski definition) is 1. The molecule has 3 aromatic rings. The van der Waals surface area contributed by atoms with Crippen LogP contribution in [0, 0.1) is 11.3 Å². The van der Waals surface area contributed by atoms with Crippen molar-refractivity contribution in [2.75, 3.05) is 6.54 Å². The lowest BCUT2D eigenvalue weighted by Crippen LogP contribution is -2.47. The van der Waals surface area contributed by atoms with Gasteiger partial charge >= 0.3 is 17.1 Å². The van der Waals surface area contributed by atoms with Gasteiger partial charge in [0.2, 0.25) is 0 Å². The van der Waals surface area contributed by atoms with Crippen LogP contribution >= 0.6 is 27.7 Å². The van der Waals surface area contributed by atoms with E-state index < -0.39 is 23.2 Å². The maximum Gasteiger partial charge on any atom is 0.377 e. The first-order chi connectivity index (χ1) is 15.2. The van der Waals surface area contributed by atoms with Crippen molar-refractivity contribution in [1.29, 1.82) is 5.26 Å². The van der Waals surface area contributed by atoms with Crippen molar-refractivity contribution in [1.82, 2.24) is 14.5 Å². The molecule has 32 heavy (non-hydrogen) atoms. The van der Waals surface area contributed by atoms with Gasteiger partial charge in [-0.05, 0) is 52.7 Å². The number of carbonyl (C=O) groups is 2. The summed E-state index contributed by atoms with van der Waals surface area (Å²) in [5.74, 6) is -2.85. The molecule has 1 aliphatic rings. The summed E-state index contributed by atoms with van der Waals surface area (Å²) < 4.78 is 31.8. The van der Waals surface area contributed by atoms with Gasteiger partial charge in [-0.3, -0.25) is 9.36 Å². The highest BCUT2D eigenvalue weighted by molar-refractivity contribution is 9.10. The summed E-state index contributed by atoms with van der Waals surface area (Å²) in [5.41, 5.74) is 0.934. The van der Waals surface area contributed by atoms with Crippen molar-refractivity contribution in [2.45, 2.75) is 29.3 Å². The first kappa shape index (κ1) is 22.2. The van der Waals surface area contributed by atoms with E-state index >= 15 is 0 Å². The third-order valence-electron chi connectivity index (χ3n) is 5.22. The summed E-state index contributed by atoms with van der Waals surface area (Å²) >= 11 is 3.27. The molecule has 11 heteroatoms. The number of halogens is 3. The molecule has 2 heterocycles. The van der Waals surface area contributed by atoms with E-state index in [2.05, 4.69) is 27.0 Å². The lowest BCUT2D eigenvalue weighted by atomic mass is 10.0. The molecule has 0 bridgehead atoms. The van der Waals surface area contributed by atoms with Gasteiger partial charge in [0.25, 0.3) is 0 Å². The topological polar surface area (TPSA) is 99.2 Å². The van der Waals surface area contributed by atoms with Crippen molar-refractivity contribution >= 4 is 50.3 Å². The number of thioether (sulfide) groups is 1. The number of benzene rings is 2. The summed E-state index contributed by atoms with van der Waals surface area (Å²) in [4.78, 5) is 28.6. The largest absolute Gasteiger partial charge is 0.480 e. The van der Waals surface area contributed by atoms with Crippen LogP contribution in [-0.2, 0) is 9.59 Å². The fourth-order valence-electron chi connectivity index (χ4n) is 3.77. The fourth-order valence-corrected chi connectivity index (χ4v) is 5.18. The molecule has 1 aromatic heterocycles. The van der Waals surface area contributed by atoms with E-state index in [9.17, 15) is 28.7 Å². The molecule has 1 unspecified atom stereocenters. The maximum absolute atomic E-state index is 15.0. The van der Waals surface area contributed by atoms with Gasteiger partial charge in [0.05, 0.1) is 23.5 Å². The molecule has 0 aliphatic carbocycles. The van der Waals surface area contributed by atoms with Crippen LogP contribution in [0.2, 0.25) is 0 Å². The average Bonchev–Trinajstić information content (AvgIpc) is 3.39. The molecule has 4 rings (SSSR count). The van der Waals surface area contributed by atoms with Crippen LogP contribution in [0.5, 0.6) is 0 Å². The predicted octanol–water partition coefficient (Wildman–Crippen LogP) is 4.42. The molecular weight excluding hydrogens is 506 g/mol. The molecule has 164 valence electrons. The Balaban J connectivity index is 1.73. The van der Waals surface area contributed by atoms with Gasteiger partial charge in [0.15, 0.2) is 5.16 Å². The lowest BCUT2D eigenvalue weighted by Gasteiger charge is -2.25. The van der Waals surface area contributed by atoms with Crippen LogP contribution in [0.25, 0.3) is 16.5 Å². The minimum atomic E-state index is -3.93. The van der Waals surface area contributed by atoms with Gasteiger partial charge in [-0.25, -0.2) is 9.78 Å². The number of hydrogen-bond acceptors (Lipinski definition) is 5. The van der Waals surface area contributed by atoms with Crippen molar-refractivity contribution in [2.24, 2.45) is 0 Å². The number of carboxylic acid groups (broad SMARTS) is 1. The molecule has 1 N–H and O–H groups in total. The first-order valence-electron chi connectivity index (χ1n) is 9.50. The quantitative estimate of drug-likeness (QED) is 0.500. The molecular formula is C21H15BrF2N4O3S. The molecule has 1 aliphatic heterocycles. The Kier molecular flexibility index (Phi) is 5.92. The molecule has 0 spiro atoms. The van der Waals surface area contributed by atoms with Gasteiger partial charge in [-0.15, -0.1) is 0 Å². The van der Waals surface area contributed by atoms with Gasteiger partial charge in [0, 0.05) is 17.3 Å². The number of nitriles is 1. The van der Waals surface area contributed by atoms with Gasteiger partial charge in [-0.1, -0.05) is 24.3 Å². The Morgan fingerprint density at radius 3 is 2.66 bits per heavy atom. The zero-order chi connectivity index (χ0) is 23.0. The highest BCUT2D eigenvalue weighted by Gasteiger charge is 2.49. The minimum Gasteiger partial charge on any atom is -0.480 e. The summed E-state index contributed by atoms with van der Waals surface area (Å²) in [6.07, 6.45) is 1.83. The van der Waals surface area contributed by atoms with Crippen molar-refractivity contribution in [3.8, 4) is 11.8 Å². The monoisotopic (exact) mass is 520 g/mol. The number of carbonyl (C=O) groups excluding carboxylic acids is 1. The van der Waals surface area contributed by atoms with E-state index in [0.29, 0.717) is 33.0 Å². The third-order valence-corrected chi connectivity index (χ3v) is 6.68. The zero-order valence-corrected chi connectivity index (χ0v) is 18.7. The van der Waals surface area contributed by atoms with Crippen molar-refractivity contribution < 1.29 is 23.5 Å². The number of carboxylic acids is 1. The SMILES string of the molecule is N#Cc1ccc(-n2c(Br)cnc2SC(F)(F)C(=O)N2CCCC2C(=O)O)c2ccccc12. The standard InChI is InChI=1S/C21H15BrF2N4O3S/c22-17-11-26-20(32-21(23,24)19(31)27-9-3-6-16(27)18(29)30)28(17)15-8-7-12(10-25)13-4-1-2-5-14(13)15/h1-2,4-5,7-8,11,16H,3,6,9H2,(H,29,30). The molecule has 0 saturated carbocycles. The first-order valence-corrected chi connectivity index (χ1v) is 11.1. The van der Waals surface area contributed by atoms with Crippen LogP contribution in [0.15, 0.2) is 52.4 Å². The van der Waals surface area contributed by atoms with Gasteiger partial charge in [-0.2, -0.15) is 14.0 Å². The molecule has 1 atom stereocenters. The Labute approximate surface area is 193 Å². The second-order valence-electron chi connectivity index (χ2n) is 7.10. The summed E-state index contributed by atoms with van der Waals surface area (Å²) in [5, 5.41) is 15.8. The molecule has 2 aromatic carbocycles. The van der Waals surface area contributed by atoms with Crippen LogP contribution in [-0.4, -0.2) is 49.3 Å². The summed E-state index contributed by atoms with van der Waals surface area (Å²) in [6.45, 7) is -0.0374. The van der Waals surface area contributed by atoms with E-state index in [1.807, 2.05) is 0 Å². The number of aromatic nitrogens is 2. The molecule has 1 amide bonds. The van der Waals surface area contributed by atoms with E-state index in [1.165, 1.54) is 10.8 Å². The number of aliphatic carboxylic acids is 1. The Morgan fingerprint density at radius 1 is 1.25 bits per heavy atom. The maximum atomic E-state index is 15.0. The summed E-state index contributed by atoms with van der Waals surface area (Å²) in [6, 6.07) is 11.1. The number of alkyl halides is 2. The number of rotatable bonds is 5. The number of likely N-dealkylation sites (tertiary alicyclic amines) is 1. The third kappa shape index (κ3) is 3.84. The number of nitrogens with zero attached hydrogens (tertiary/aromatic N) is 4. The lowest BCUT2D eigenvalue weighted by molar-refractivity contribution is -0.155. The van der Waals surface area contributed by atoms with Crippen molar-refractivity contribution in [3.63, 3.8) is 0 Å². The van der Waals surface area contributed by atoms with E-state index in [0.717, 1.165) is 4.90 Å². The smallest absolute Gasteiger partial charge is 0.377 e. The van der Waals surface area contributed by atoms with Gasteiger partial charge in [0.1, 0.15) is 10.6 Å². The minimum absolute atomic E-state index is 0.0374. The number of amides is 1. The molecule has 0 radical (unpaired) electrons. The Bertz CT molecular complexity index is 1270. The Morgan fingerprint density at radius 2 is 1.97 bits per heavy atom. The Hall–Kier alpha value is -2.97. The van der Waals surface area contributed by atoms with E-state index in [4.69, 9.17) is 0 Å². The highest BCUT2D eigenvalue weighted by atomic mass is 79.9. The van der Waals surface area contributed by atoms with E-state index in [1.54, 1.807) is 36.4 Å². The van der Waals surface area contributed by atoms with Gasteiger partial charge < -0.3 is 10.0 Å². The second-order valence-corrected chi connectivity index (χ2v) is 9.00. The molecule has 1 saturated heterocycles. The van der Waals surface area contributed by atoms with Crippen LogP contribution in [0.3, 0.4) is 0 Å². The zero-order valence-electron chi connectivity index (χ0n) is 16.3. The normalized spacial score (nSPS) is 16.3. The molecule has 7 nitrogen and oxygen atoms in total. The molecule has 1 fully saturated rings. The highest BCUT2D eigenvalue weighted by Crippen LogP contribution is 2.41. The second kappa shape index (κ2) is 8.52. The summed E-state index contributed by atoms with van der Waals surface area (Å²) in [7, 11) is 0.